The summed E-state index contributed by atoms with van der Waals surface area (Å²) < 4.78 is 19.0. The van der Waals surface area contributed by atoms with E-state index in [0.29, 0.717) is 31.1 Å². The van der Waals surface area contributed by atoms with Crippen molar-refractivity contribution in [2.45, 2.75) is 6.54 Å². The first-order valence-corrected chi connectivity index (χ1v) is 7.56. The topological polar surface area (TPSA) is 99.7 Å². The molecule has 0 unspecified atom stereocenters. The minimum absolute atomic E-state index is 0.258. The molecular weight excluding hydrogens is 254 g/mol. The number of hydrogen-bond donors (Lipinski definition) is 3. The molecule has 4 N–H and O–H groups in total. The highest BCUT2D eigenvalue weighted by molar-refractivity contribution is 8.24. The maximum atomic E-state index is 11.0. The zero-order valence-corrected chi connectivity index (χ0v) is 10.8. The number of nitrogens with zero attached hydrogens (tertiary/aromatic N) is 2. The fourth-order valence-electron chi connectivity index (χ4n) is 1.86. The first-order valence-electron chi connectivity index (χ1n) is 5.68. The Kier molecular flexibility index (Phi) is 3.86. The second-order valence-corrected chi connectivity index (χ2v) is 6.79. The number of carbonyl (C=O) groups is 1. The molecule has 0 atom stereocenters. The average Bonchev–Trinajstić information content (AvgIpc) is 2.32. The highest BCUT2D eigenvalue weighted by Crippen LogP contribution is 2.40. The van der Waals surface area contributed by atoms with Crippen LogP contribution >= 0.6 is 10.6 Å². The van der Waals surface area contributed by atoms with Gasteiger partial charge in [-0.3, -0.25) is 18.8 Å². The predicted octanol–water partition coefficient (Wildman–Crippen LogP) is 0.747. The van der Waals surface area contributed by atoms with E-state index in [4.69, 9.17) is 5.73 Å². The van der Waals surface area contributed by atoms with E-state index in [-0.39, 0.29) is 5.69 Å². The number of aromatic nitrogens is 1. The molecule has 6 nitrogen and oxygen atoms in total. The molecule has 0 saturated carbocycles. The van der Waals surface area contributed by atoms with Crippen LogP contribution < -0.4 is 5.73 Å². The zero-order valence-electron chi connectivity index (χ0n) is 9.95. The van der Waals surface area contributed by atoms with Crippen molar-refractivity contribution >= 4 is 16.5 Å². The first kappa shape index (κ1) is 13.3. The summed E-state index contributed by atoms with van der Waals surface area (Å²) in [5.74, 6) is 0.273. The lowest BCUT2D eigenvalue weighted by atomic mass is 10.2. The molecular formula is C11H17N3O3S. The van der Waals surface area contributed by atoms with Crippen LogP contribution in [0.5, 0.6) is 0 Å². The van der Waals surface area contributed by atoms with Gasteiger partial charge in [0.15, 0.2) is 0 Å². The van der Waals surface area contributed by atoms with Gasteiger partial charge >= 0.3 is 0 Å². The van der Waals surface area contributed by atoms with Crippen molar-refractivity contribution < 1.29 is 13.9 Å². The van der Waals surface area contributed by atoms with Crippen LogP contribution in [0.2, 0.25) is 0 Å². The SMILES string of the molecule is NC(=O)c1cccc(CN2CCS(O)(O)CC2)n1. The Morgan fingerprint density at radius 3 is 2.67 bits per heavy atom. The van der Waals surface area contributed by atoms with Gasteiger partial charge in [-0.1, -0.05) is 6.07 Å². The standard InChI is InChI=1S/C11H17N3O3S/c12-11(15)10-3-1-2-9(13-10)8-14-4-6-18(16,17)7-5-14/h1-3,16-17H,4-8H2,(H2,12,15). The Morgan fingerprint density at radius 2 is 2.06 bits per heavy atom. The van der Waals surface area contributed by atoms with Crippen LogP contribution in [0.4, 0.5) is 0 Å². The van der Waals surface area contributed by atoms with E-state index in [0.717, 1.165) is 5.69 Å². The molecule has 0 aromatic carbocycles. The van der Waals surface area contributed by atoms with E-state index >= 15 is 0 Å². The lowest BCUT2D eigenvalue weighted by molar-refractivity contribution is 0.0995. The van der Waals surface area contributed by atoms with Crippen molar-refractivity contribution in [3.63, 3.8) is 0 Å². The zero-order chi connectivity index (χ0) is 13.2. The summed E-state index contributed by atoms with van der Waals surface area (Å²) in [7, 11) is -2.37. The van der Waals surface area contributed by atoms with E-state index in [1.165, 1.54) is 0 Å². The van der Waals surface area contributed by atoms with Gasteiger partial charge in [-0.15, -0.1) is 0 Å². The second-order valence-electron chi connectivity index (χ2n) is 4.36. The van der Waals surface area contributed by atoms with Crippen molar-refractivity contribution in [2.24, 2.45) is 5.73 Å². The maximum Gasteiger partial charge on any atom is 0.267 e. The third kappa shape index (κ3) is 3.42. The van der Waals surface area contributed by atoms with Crippen molar-refractivity contribution in [3.8, 4) is 0 Å². The molecule has 1 aliphatic heterocycles. The van der Waals surface area contributed by atoms with E-state index in [1.807, 2.05) is 6.07 Å². The van der Waals surface area contributed by atoms with Gasteiger partial charge in [-0.05, 0) is 12.1 Å². The molecule has 0 aliphatic carbocycles. The van der Waals surface area contributed by atoms with Crippen LogP contribution in [-0.4, -0.2) is 49.5 Å². The van der Waals surface area contributed by atoms with Crippen LogP contribution in [0.15, 0.2) is 18.2 Å². The van der Waals surface area contributed by atoms with Crippen molar-refractivity contribution in [1.82, 2.24) is 9.88 Å². The highest BCUT2D eigenvalue weighted by atomic mass is 32.3. The molecule has 100 valence electrons. The smallest absolute Gasteiger partial charge is 0.267 e. The number of amides is 1. The third-order valence-corrected chi connectivity index (χ3v) is 4.59. The van der Waals surface area contributed by atoms with E-state index < -0.39 is 16.5 Å². The molecule has 1 aliphatic rings. The summed E-state index contributed by atoms with van der Waals surface area (Å²) in [6.07, 6.45) is 0. The molecule has 18 heavy (non-hydrogen) atoms. The van der Waals surface area contributed by atoms with Crippen molar-refractivity contribution in [1.29, 1.82) is 0 Å². The van der Waals surface area contributed by atoms with Gasteiger partial charge in [0, 0.05) is 19.6 Å². The molecule has 1 saturated heterocycles. The number of pyridine rings is 1. The molecule has 1 fully saturated rings. The molecule has 0 spiro atoms. The monoisotopic (exact) mass is 271 g/mol. The minimum atomic E-state index is -2.37. The summed E-state index contributed by atoms with van der Waals surface area (Å²) in [5, 5.41) is 0. The van der Waals surface area contributed by atoms with Crippen LogP contribution in [0.1, 0.15) is 16.2 Å². The molecule has 0 radical (unpaired) electrons. The van der Waals surface area contributed by atoms with Gasteiger partial charge in [0.1, 0.15) is 5.69 Å². The number of primary amides is 1. The molecule has 1 aromatic rings. The maximum absolute atomic E-state index is 11.0. The van der Waals surface area contributed by atoms with Crippen LogP contribution in [0.3, 0.4) is 0 Å². The number of hydrogen-bond acceptors (Lipinski definition) is 5. The lowest BCUT2D eigenvalue weighted by Gasteiger charge is -2.40. The van der Waals surface area contributed by atoms with Gasteiger partial charge in [0.05, 0.1) is 17.2 Å². The van der Waals surface area contributed by atoms with Crippen LogP contribution in [-0.2, 0) is 6.54 Å². The Labute approximate surface area is 107 Å². The van der Waals surface area contributed by atoms with Gasteiger partial charge in [-0.25, -0.2) is 4.98 Å². The van der Waals surface area contributed by atoms with Crippen LogP contribution in [0.25, 0.3) is 0 Å². The van der Waals surface area contributed by atoms with Gasteiger partial charge in [0.2, 0.25) is 0 Å². The number of rotatable bonds is 3. The Balaban J connectivity index is 1.98. The summed E-state index contributed by atoms with van der Waals surface area (Å²) >= 11 is 0. The number of nitrogens with two attached hydrogens (primary N) is 1. The number of carbonyl (C=O) groups excluding carboxylic acids is 1. The van der Waals surface area contributed by atoms with Crippen LogP contribution in [0, 0.1) is 0 Å². The summed E-state index contributed by atoms with van der Waals surface area (Å²) in [6.45, 7) is 1.85. The normalized spacial score (nSPS) is 21.4. The van der Waals surface area contributed by atoms with Gasteiger partial charge < -0.3 is 5.73 Å². The average molecular weight is 271 g/mol. The fraction of sp³-hybridized carbons (Fsp3) is 0.455. The molecule has 1 aromatic heterocycles. The van der Waals surface area contributed by atoms with E-state index in [9.17, 15) is 13.9 Å². The molecule has 1 amide bonds. The fourth-order valence-corrected chi connectivity index (χ4v) is 3.16. The summed E-state index contributed by atoms with van der Waals surface area (Å²) in [4.78, 5) is 17.3. The summed E-state index contributed by atoms with van der Waals surface area (Å²) in [6, 6.07) is 5.16. The minimum Gasteiger partial charge on any atom is -0.364 e. The van der Waals surface area contributed by atoms with Crippen molar-refractivity contribution in [3.05, 3.63) is 29.6 Å². The molecule has 2 heterocycles. The van der Waals surface area contributed by atoms with E-state index in [2.05, 4.69) is 9.88 Å². The van der Waals surface area contributed by atoms with Gasteiger partial charge in [0.25, 0.3) is 5.91 Å². The Hall–Kier alpha value is -1.15. The highest BCUT2D eigenvalue weighted by Gasteiger charge is 2.22. The van der Waals surface area contributed by atoms with Gasteiger partial charge in [-0.2, -0.15) is 10.6 Å². The summed E-state index contributed by atoms with van der Waals surface area (Å²) in [5.41, 5.74) is 6.20. The molecule has 0 bridgehead atoms. The molecule has 7 heteroatoms. The Bertz CT molecular complexity index is 443. The third-order valence-electron chi connectivity index (χ3n) is 2.91. The Morgan fingerprint density at radius 1 is 1.39 bits per heavy atom. The van der Waals surface area contributed by atoms with E-state index in [1.54, 1.807) is 12.1 Å². The largest absolute Gasteiger partial charge is 0.364 e. The lowest BCUT2D eigenvalue weighted by Crippen LogP contribution is -2.38. The van der Waals surface area contributed by atoms with Crippen molar-refractivity contribution in [2.75, 3.05) is 24.6 Å². The molecule has 2 rings (SSSR count). The first-order chi connectivity index (χ1) is 8.46. The predicted molar refractivity (Wildman–Crippen MR) is 70.6 cm³/mol. The quantitative estimate of drug-likeness (QED) is 0.753. The second kappa shape index (κ2) is 5.23.